The molecule has 7 heteroatoms. The minimum atomic E-state index is -0.262. The van der Waals surface area contributed by atoms with E-state index in [9.17, 15) is 0 Å². The van der Waals surface area contributed by atoms with Crippen LogP contribution < -0.4 is 16.0 Å². The molecular formula is C11H18N6O. The summed E-state index contributed by atoms with van der Waals surface area (Å²) >= 11 is 0. The molecule has 0 aliphatic rings. The van der Waals surface area contributed by atoms with Crippen LogP contribution in [-0.2, 0) is 13.6 Å². The van der Waals surface area contributed by atoms with Gasteiger partial charge in [-0.25, -0.2) is 10.4 Å². The fourth-order valence-electron chi connectivity index (χ4n) is 2.01. The maximum Gasteiger partial charge on any atom is 0.162 e. The summed E-state index contributed by atoms with van der Waals surface area (Å²) in [5.74, 6) is 7.18. The molecule has 0 fully saturated rings. The zero-order valence-electron chi connectivity index (χ0n) is 10.8. The van der Waals surface area contributed by atoms with E-state index in [1.807, 2.05) is 29.4 Å². The Hall–Kier alpha value is -1.86. The van der Waals surface area contributed by atoms with Gasteiger partial charge in [0.1, 0.15) is 17.6 Å². The summed E-state index contributed by atoms with van der Waals surface area (Å²) in [6.07, 6.45) is 5.30. The average Bonchev–Trinajstić information content (AvgIpc) is 2.98. The van der Waals surface area contributed by atoms with Gasteiger partial charge in [-0.2, -0.15) is 5.10 Å². The van der Waals surface area contributed by atoms with Crippen molar-refractivity contribution >= 4 is 0 Å². The number of nitrogens with zero attached hydrogens (tertiary/aromatic N) is 4. The number of ether oxygens (including phenoxy) is 1. The van der Waals surface area contributed by atoms with Crippen LogP contribution in [0.3, 0.4) is 0 Å². The first-order valence-electron chi connectivity index (χ1n) is 5.76. The molecule has 2 aromatic heterocycles. The van der Waals surface area contributed by atoms with E-state index in [1.165, 1.54) is 0 Å². The lowest BCUT2D eigenvalue weighted by molar-refractivity contribution is 0.396. The van der Waals surface area contributed by atoms with Gasteiger partial charge in [0.25, 0.3) is 0 Å². The van der Waals surface area contributed by atoms with Crippen molar-refractivity contribution in [3.05, 3.63) is 30.1 Å². The van der Waals surface area contributed by atoms with Crippen LogP contribution in [0.25, 0.3) is 0 Å². The van der Waals surface area contributed by atoms with Gasteiger partial charge in [-0.15, -0.1) is 0 Å². The number of methoxy groups -OCH3 is 1. The second-order valence-corrected chi connectivity index (χ2v) is 3.91. The second kappa shape index (κ2) is 5.19. The molecule has 98 valence electrons. The molecule has 0 aliphatic heterocycles. The Balaban J connectivity index is 2.50. The van der Waals surface area contributed by atoms with E-state index in [0.717, 1.165) is 18.1 Å². The molecule has 1 atom stereocenters. The fraction of sp³-hybridized carbons (Fsp3) is 0.455. The first-order chi connectivity index (χ1) is 8.72. The van der Waals surface area contributed by atoms with Gasteiger partial charge >= 0.3 is 0 Å². The van der Waals surface area contributed by atoms with Gasteiger partial charge in [0.05, 0.1) is 13.3 Å². The molecule has 0 aromatic carbocycles. The maximum atomic E-state index is 5.67. The third-order valence-corrected chi connectivity index (χ3v) is 2.92. The molecule has 0 amide bonds. The molecule has 2 heterocycles. The van der Waals surface area contributed by atoms with Gasteiger partial charge in [0.2, 0.25) is 0 Å². The highest BCUT2D eigenvalue weighted by atomic mass is 16.5. The SMILES string of the molecule is CCn1ncc(OC)c1C(NN)c1nccn1C. The second-order valence-electron chi connectivity index (χ2n) is 3.91. The zero-order valence-corrected chi connectivity index (χ0v) is 10.8. The fourth-order valence-corrected chi connectivity index (χ4v) is 2.01. The first-order valence-corrected chi connectivity index (χ1v) is 5.76. The molecule has 7 nitrogen and oxygen atoms in total. The third kappa shape index (κ3) is 1.98. The minimum absolute atomic E-state index is 0.262. The van der Waals surface area contributed by atoms with Crippen molar-refractivity contribution in [2.75, 3.05) is 7.11 Å². The summed E-state index contributed by atoms with van der Waals surface area (Å²) in [4.78, 5) is 4.32. The normalized spacial score (nSPS) is 12.7. The number of imidazole rings is 1. The largest absolute Gasteiger partial charge is 0.493 e. The highest BCUT2D eigenvalue weighted by Gasteiger charge is 2.25. The minimum Gasteiger partial charge on any atom is -0.493 e. The van der Waals surface area contributed by atoms with E-state index >= 15 is 0 Å². The highest BCUT2D eigenvalue weighted by molar-refractivity contribution is 5.32. The lowest BCUT2D eigenvalue weighted by Crippen LogP contribution is -2.32. The Bertz CT molecular complexity index is 496. The quantitative estimate of drug-likeness (QED) is 0.585. The molecule has 18 heavy (non-hydrogen) atoms. The topological polar surface area (TPSA) is 82.9 Å². The number of hydrogen-bond acceptors (Lipinski definition) is 5. The van der Waals surface area contributed by atoms with Crippen LogP contribution >= 0.6 is 0 Å². The van der Waals surface area contributed by atoms with E-state index in [-0.39, 0.29) is 6.04 Å². The molecule has 0 radical (unpaired) electrons. The molecule has 2 aromatic rings. The number of nitrogens with two attached hydrogens (primary N) is 1. The summed E-state index contributed by atoms with van der Waals surface area (Å²) in [6.45, 7) is 2.75. The van der Waals surface area contributed by atoms with Gasteiger partial charge in [-0.1, -0.05) is 0 Å². The summed E-state index contributed by atoms with van der Waals surface area (Å²) in [5, 5.41) is 4.27. The van der Waals surface area contributed by atoms with Gasteiger partial charge < -0.3 is 9.30 Å². The summed E-state index contributed by atoms with van der Waals surface area (Å²) < 4.78 is 9.09. The Morgan fingerprint density at radius 3 is 2.83 bits per heavy atom. The lowest BCUT2D eigenvalue weighted by atomic mass is 10.2. The van der Waals surface area contributed by atoms with Crippen LogP contribution in [0.1, 0.15) is 24.5 Å². The van der Waals surface area contributed by atoms with Crippen molar-refractivity contribution in [2.24, 2.45) is 12.9 Å². The molecule has 0 bridgehead atoms. The molecule has 0 aliphatic carbocycles. The summed E-state index contributed by atoms with van der Waals surface area (Å²) in [5.41, 5.74) is 3.64. The van der Waals surface area contributed by atoms with Crippen LogP contribution in [0, 0.1) is 0 Å². The van der Waals surface area contributed by atoms with E-state index in [2.05, 4.69) is 15.5 Å². The molecule has 2 rings (SSSR count). The van der Waals surface area contributed by atoms with Crippen LogP contribution in [0.4, 0.5) is 0 Å². The molecular weight excluding hydrogens is 232 g/mol. The molecule has 0 saturated carbocycles. The Morgan fingerprint density at radius 1 is 1.56 bits per heavy atom. The van der Waals surface area contributed by atoms with Gasteiger partial charge in [0, 0.05) is 26.0 Å². The van der Waals surface area contributed by atoms with Gasteiger partial charge in [0.15, 0.2) is 5.75 Å². The van der Waals surface area contributed by atoms with Crippen molar-refractivity contribution in [3.8, 4) is 5.75 Å². The van der Waals surface area contributed by atoms with Crippen LogP contribution in [0.2, 0.25) is 0 Å². The highest BCUT2D eigenvalue weighted by Crippen LogP contribution is 2.28. The lowest BCUT2D eigenvalue weighted by Gasteiger charge is -2.18. The van der Waals surface area contributed by atoms with Crippen LogP contribution in [0.15, 0.2) is 18.6 Å². The average molecular weight is 250 g/mol. The van der Waals surface area contributed by atoms with E-state index in [4.69, 9.17) is 10.6 Å². The van der Waals surface area contributed by atoms with Crippen molar-refractivity contribution in [1.29, 1.82) is 0 Å². The van der Waals surface area contributed by atoms with Crippen molar-refractivity contribution < 1.29 is 4.74 Å². The Labute approximate surface area is 106 Å². The van der Waals surface area contributed by atoms with E-state index in [1.54, 1.807) is 19.5 Å². The van der Waals surface area contributed by atoms with Crippen LogP contribution in [-0.4, -0.2) is 26.4 Å². The number of nitrogens with one attached hydrogen (secondary N) is 1. The number of hydrogen-bond donors (Lipinski definition) is 2. The summed E-state index contributed by atoms with van der Waals surface area (Å²) in [6, 6.07) is -0.262. The Kier molecular flexibility index (Phi) is 3.63. The smallest absolute Gasteiger partial charge is 0.162 e. The number of rotatable bonds is 5. The van der Waals surface area contributed by atoms with Crippen LogP contribution in [0.5, 0.6) is 5.75 Å². The predicted molar refractivity (Wildman–Crippen MR) is 66.8 cm³/mol. The molecule has 0 spiro atoms. The Morgan fingerprint density at radius 2 is 2.33 bits per heavy atom. The first kappa shape index (κ1) is 12.6. The van der Waals surface area contributed by atoms with Crippen molar-refractivity contribution in [1.82, 2.24) is 24.8 Å². The number of hydrazine groups is 1. The molecule has 1 unspecified atom stereocenters. The van der Waals surface area contributed by atoms with E-state index < -0.39 is 0 Å². The van der Waals surface area contributed by atoms with Gasteiger partial charge in [-0.05, 0) is 6.92 Å². The number of aryl methyl sites for hydroxylation is 2. The molecule has 0 saturated heterocycles. The van der Waals surface area contributed by atoms with E-state index in [0.29, 0.717) is 5.75 Å². The van der Waals surface area contributed by atoms with Crippen molar-refractivity contribution in [2.45, 2.75) is 19.5 Å². The molecule has 3 N–H and O–H groups in total. The zero-order chi connectivity index (χ0) is 13.1. The predicted octanol–water partition coefficient (Wildman–Crippen LogP) is 0.198. The standard InChI is InChI=1S/C11H18N6O/c1-4-17-10(8(18-3)7-14-17)9(15-12)11-13-5-6-16(11)2/h5-7,9,15H,4,12H2,1-3H3. The van der Waals surface area contributed by atoms with Crippen molar-refractivity contribution in [3.63, 3.8) is 0 Å². The van der Waals surface area contributed by atoms with Gasteiger partial charge in [-0.3, -0.25) is 10.5 Å². The summed E-state index contributed by atoms with van der Waals surface area (Å²) in [7, 11) is 3.54. The monoisotopic (exact) mass is 250 g/mol. The number of aromatic nitrogens is 4. The third-order valence-electron chi connectivity index (χ3n) is 2.92. The maximum absolute atomic E-state index is 5.67.